The lowest BCUT2D eigenvalue weighted by molar-refractivity contribution is 0.232. The average molecular weight is 344 g/mol. The van der Waals surface area contributed by atoms with Crippen LogP contribution in [0.15, 0.2) is 29.3 Å². The van der Waals surface area contributed by atoms with E-state index in [2.05, 4.69) is 49.7 Å². The lowest BCUT2D eigenvalue weighted by Gasteiger charge is -2.29. The number of rotatable bonds is 6. The summed E-state index contributed by atoms with van der Waals surface area (Å²) in [5.74, 6) is 0.925. The van der Waals surface area contributed by atoms with E-state index >= 15 is 0 Å². The van der Waals surface area contributed by atoms with Gasteiger partial charge in [0.1, 0.15) is 0 Å². The summed E-state index contributed by atoms with van der Waals surface area (Å²) in [6.45, 7) is 8.81. The molecule has 0 aliphatic carbocycles. The van der Waals surface area contributed by atoms with Crippen LogP contribution in [0.4, 0.5) is 0 Å². The minimum atomic E-state index is 0.925. The van der Waals surface area contributed by atoms with Crippen molar-refractivity contribution in [1.29, 1.82) is 0 Å². The number of nitrogens with zero attached hydrogens (tertiary/aromatic N) is 3. The fourth-order valence-electron chi connectivity index (χ4n) is 3.81. The Morgan fingerprint density at radius 3 is 2.32 bits per heavy atom. The first-order valence-electron chi connectivity index (χ1n) is 9.81. The maximum atomic E-state index is 4.35. The van der Waals surface area contributed by atoms with Gasteiger partial charge in [-0.15, -0.1) is 0 Å². The molecule has 2 heterocycles. The number of hydrogen-bond acceptors (Lipinski definition) is 3. The third kappa shape index (κ3) is 5.72. The van der Waals surface area contributed by atoms with Gasteiger partial charge >= 0.3 is 0 Å². The number of aliphatic imine (C=N–C) groups is 1. The summed E-state index contributed by atoms with van der Waals surface area (Å²) >= 11 is 0. The van der Waals surface area contributed by atoms with Gasteiger partial charge in [-0.1, -0.05) is 30.7 Å². The normalized spacial score (nSPS) is 19.5. The van der Waals surface area contributed by atoms with Gasteiger partial charge in [0.25, 0.3) is 0 Å². The monoisotopic (exact) mass is 343 g/mol. The summed E-state index contributed by atoms with van der Waals surface area (Å²) in [7, 11) is 1.85. The van der Waals surface area contributed by atoms with Gasteiger partial charge in [-0.05, 0) is 43.5 Å². The van der Waals surface area contributed by atoms with Crippen molar-refractivity contribution in [3.63, 3.8) is 0 Å². The largest absolute Gasteiger partial charge is 0.355 e. The van der Waals surface area contributed by atoms with Crippen LogP contribution in [0.3, 0.4) is 0 Å². The molecule has 0 amide bonds. The van der Waals surface area contributed by atoms with Gasteiger partial charge in [0.15, 0.2) is 5.96 Å². The zero-order valence-electron chi connectivity index (χ0n) is 15.6. The molecule has 0 saturated carbocycles. The van der Waals surface area contributed by atoms with Crippen LogP contribution in [-0.2, 0) is 13.0 Å². The summed E-state index contributed by atoms with van der Waals surface area (Å²) in [4.78, 5) is 9.42. The van der Waals surface area contributed by atoms with E-state index in [0.717, 1.165) is 45.2 Å². The fraction of sp³-hybridized carbons (Fsp3) is 0.650. The molecule has 2 aliphatic heterocycles. The highest BCUT2D eigenvalue weighted by atomic mass is 15.2. The van der Waals surface area contributed by atoms with Crippen LogP contribution in [-0.4, -0.2) is 68.6 Å². The van der Waals surface area contributed by atoms with E-state index in [1.807, 2.05) is 7.05 Å². The Morgan fingerprint density at radius 2 is 1.60 bits per heavy atom. The SMILES string of the molecule is CN=C(NCCN1CCCCC1)NCCN1CCc2ccccc2C1. The third-order valence-corrected chi connectivity index (χ3v) is 5.32. The molecule has 0 atom stereocenters. The van der Waals surface area contributed by atoms with Gasteiger partial charge in [-0.3, -0.25) is 9.89 Å². The highest BCUT2D eigenvalue weighted by Crippen LogP contribution is 2.17. The standard InChI is InChI=1S/C20H33N5/c1-21-20(22-10-15-24-12-5-2-6-13-24)23-11-16-25-14-9-18-7-3-4-8-19(18)17-25/h3-4,7-8H,2,5-6,9-17H2,1H3,(H2,21,22,23). The second-order valence-electron chi connectivity index (χ2n) is 7.12. The number of nitrogens with one attached hydrogen (secondary N) is 2. The minimum absolute atomic E-state index is 0.925. The summed E-state index contributed by atoms with van der Waals surface area (Å²) in [5, 5.41) is 6.91. The van der Waals surface area contributed by atoms with Crippen molar-refractivity contribution in [2.24, 2.45) is 4.99 Å². The third-order valence-electron chi connectivity index (χ3n) is 5.32. The first-order chi connectivity index (χ1) is 12.3. The highest BCUT2D eigenvalue weighted by Gasteiger charge is 2.15. The first kappa shape index (κ1) is 18.2. The molecule has 0 radical (unpaired) electrons. The van der Waals surface area contributed by atoms with E-state index in [4.69, 9.17) is 0 Å². The first-order valence-corrected chi connectivity index (χ1v) is 9.81. The van der Waals surface area contributed by atoms with Gasteiger partial charge in [0.2, 0.25) is 0 Å². The van der Waals surface area contributed by atoms with Gasteiger partial charge in [0, 0.05) is 46.3 Å². The van der Waals surface area contributed by atoms with E-state index in [0.29, 0.717) is 0 Å². The Kier molecular flexibility index (Phi) is 7.12. The van der Waals surface area contributed by atoms with Crippen molar-refractivity contribution in [2.45, 2.75) is 32.2 Å². The van der Waals surface area contributed by atoms with Crippen LogP contribution in [0.25, 0.3) is 0 Å². The van der Waals surface area contributed by atoms with E-state index in [9.17, 15) is 0 Å². The van der Waals surface area contributed by atoms with Crippen LogP contribution in [0.1, 0.15) is 30.4 Å². The van der Waals surface area contributed by atoms with E-state index in [1.54, 1.807) is 0 Å². The number of piperidine rings is 1. The fourth-order valence-corrected chi connectivity index (χ4v) is 3.81. The summed E-state index contributed by atoms with van der Waals surface area (Å²) in [6, 6.07) is 8.82. The van der Waals surface area contributed by atoms with Crippen molar-refractivity contribution in [3.05, 3.63) is 35.4 Å². The molecule has 5 heteroatoms. The molecular formula is C20H33N5. The molecule has 138 valence electrons. The topological polar surface area (TPSA) is 42.9 Å². The van der Waals surface area contributed by atoms with Gasteiger partial charge < -0.3 is 15.5 Å². The molecule has 5 nitrogen and oxygen atoms in total. The van der Waals surface area contributed by atoms with Crippen LogP contribution < -0.4 is 10.6 Å². The van der Waals surface area contributed by atoms with E-state index in [1.165, 1.54) is 49.9 Å². The highest BCUT2D eigenvalue weighted by molar-refractivity contribution is 5.79. The quantitative estimate of drug-likeness (QED) is 0.609. The van der Waals surface area contributed by atoms with E-state index in [-0.39, 0.29) is 0 Å². The van der Waals surface area contributed by atoms with Crippen LogP contribution in [0.5, 0.6) is 0 Å². The summed E-state index contributed by atoms with van der Waals surface area (Å²) < 4.78 is 0. The Labute approximate surface area is 152 Å². The van der Waals surface area contributed by atoms with Gasteiger partial charge in [-0.2, -0.15) is 0 Å². The van der Waals surface area contributed by atoms with Gasteiger partial charge in [0.05, 0.1) is 0 Å². The number of hydrogen-bond donors (Lipinski definition) is 2. The summed E-state index contributed by atoms with van der Waals surface area (Å²) in [6.07, 6.45) is 5.27. The second kappa shape index (κ2) is 9.78. The molecule has 3 rings (SSSR count). The smallest absolute Gasteiger partial charge is 0.191 e. The molecule has 2 aliphatic rings. The molecule has 1 fully saturated rings. The Hall–Kier alpha value is -1.59. The van der Waals surface area contributed by atoms with Crippen molar-refractivity contribution in [1.82, 2.24) is 20.4 Å². The van der Waals surface area contributed by atoms with Crippen LogP contribution in [0.2, 0.25) is 0 Å². The lowest BCUT2D eigenvalue weighted by atomic mass is 10.00. The molecule has 1 aromatic rings. The second-order valence-corrected chi connectivity index (χ2v) is 7.12. The van der Waals surface area contributed by atoms with Crippen LogP contribution >= 0.6 is 0 Å². The molecule has 0 aromatic heterocycles. The maximum absolute atomic E-state index is 4.35. The molecule has 0 spiro atoms. The number of benzene rings is 1. The Balaban J connectivity index is 1.32. The Bertz CT molecular complexity index is 551. The van der Waals surface area contributed by atoms with Crippen molar-refractivity contribution >= 4 is 5.96 Å². The Morgan fingerprint density at radius 1 is 0.920 bits per heavy atom. The average Bonchev–Trinajstić information content (AvgIpc) is 2.67. The molecule has 1 saturated heterocycles. The predicted octanol–water partition coefficient (Wildman–Crippen LogP) is 1.70. The van der Waals surface area contributed by atoms with Gasteiger partial charge in [-0.25, -0.2) is 0 Å². The number of guanidine groups is 1. The molecule has 25 heavy (non-hydrogen) atoms. The number of likely N-dealkylation sites (tertiary alicyclic amines) is 1. The summed E-state index contributed by atoms with van der Waals surface area (Å²) in [5.41, 5.74) is 3.00. The van der Waals surface area contributed by atoms with E-state index < -0.39 is 0 Å². The van der Waals surface area contributed by atoms with Crippen molar-refractivity contribution in [2.75, 3.05) is 52.9 Å². The zero-order chi connectivity index (χ0) is 17.3. The lowest BCUT2D eigenvalue weighted by Crippen LogP contribution is -2.45. The zero-order valence-corrected chi connectivity index (χ0v) is 15.6. The minimum Gasteiger partial charge on any atom is -0.355 e. The van der Waals surface area contributed by atoms with Crippen molar-refractivity contribution in [3.8, 4) is 0 Å². The maximum Gasteiger partial charge on any atom is 0.191 e. The number of fused-ring (bicyclic) bond motifs is 1. The van der Waals surface area contributed by atoms with Crippen LogP contribution in [0, 0.1) is 0 Å². The molecule has 0 bridgehead atoms. The predicted molar refractivity (Wildman–Crippen MR) is 105 cm³/mol. The molecule has 1 aromatic carbocycles. The van der Waals surface area contributed by atoms with Crippen molar-refractivity contribution < 1.29 is 0 Å². The molecular weight excluding hydrogens is 310 g/mol. The molecule has 0 unspecified atom stereocenters. The molecule has 2 N–H and O–H groups in total.